The van der Waals surface area contributed by atoms with Crippen LogP contribution in [-0.2, 0) is 13.6 Å². The molecule has 0 radical (unpaired) electrons. The lowest BCUT2D eigenvalue weighted by Gasteiger charge is -2.10. The van der Waals surface area contributed by atoms with E-state index in [-0.39, 0.29) is 0 Å². The van der Waals surface area contributed by atoms with Crippen LogP contribution < -0.4 is 5.32 Å². The molecule has 2 aromatic rings. The highest BCUT2D eigenvalue weighted by molar-refractivity contribution is 9.10. The minimum Gasteiger partial charge on any atom is -0.313 e. The molecule has 1 N–H and O–H groups in total. The molecule has 0 bridgehead atoms. The molecule has 1 aromatic heterocycles. The third-order valence-corrected chi connectivity index (χ3v) is 4.19. The summed E-state index contributed by atoms with van der Waals surface area (Å²) in [5, 5.41) is 15.7. The third kappa shape index (κ3) is 4.02. The van der Waals surface area contributed by atoms with Gasteiger partial charge in [-0.2, -0.15) is 0 Å². The van der Waals surface area contributed by atoms with Gasteiger partial charge in [-0.05, 0) is 58.9 Å². The Morgan fingerprint density at radius 2 is 2.26 bits per heavy atom. The summed E-state index contributed by atoms with van der Waals surface area (Å²) in [4.78, 5) is 1.17. The highest BCUT2D eigenvalue weighted by Gasteiger charge is 2.09. The van der Waals surface area contributed by atoms with E-state index >= 15 is 0 Å². The van der Waals surface area contributed by atoms with Crippen molar-refractivity contribution in [3.63, 3.8) is 0 Å². The number of nitrogens with zero attached hydrogens (tertiary/aromatic N) is 4. The molecule has 1 aromatic carbocycles. The van der Waals surface area contributed by atoms with Crippen molar-refractivity contribution in [3.05, 3.63) is 28.2 Å². The van der Waals surface area contributed by atoms with Crippen molar-refractivity contribution >= 4 is 27.7 Å². The van der Waals surface area contributed by atoms with Gasteiger partial charge in [0.05, 0.1) is 0 Å². The fraction of sp³-hybridized carbons (Fsp3) is 0.417. The summed E-state index contributed by atoms with van der Waals surface area (Å²) in [5.41, 5.74) is 1.25. The minimum absolute atomic E-state index is 0.791. The number of halogens is 1. The van der Waals surface area contributed by atoms with Gasteiger partial charge in [-0.3, -0.25) is 0 Å². The van der Waals surface area contributed by atoms with E-state index in [9.17, 15) is 0 Å². The van der Waals surface area contributed by atoms with E-state index in [0.29, 0.717) is 0 Å². The zero-order valence-corrected chi connectivity index (χ0v) is 13.3. The Bertz CT molecular complexity index is 543. The molecule has 1 heterocycles. The van der Waals surface area contributed by atoms with E-state index < -0.39 is 0 Å². The Labute approximate surface area is 125 Å². The van der Waals surface area contributed by atoms with Crippen molar-refractivity contribution in [2.24, 2.45) is 7.05 Å². The maximum Gasteiger partial charge on any atom is 0.213 e. The van der Waals surface area contributed by atoms with Gasteiger partial charge < -0.3 is 5.32 Å². The molecular formula is C12H16BrN5S. The van der Waals surface area contributed by atoms with E-state index in [1.807, 2.05) is 13.1 Å². The van der Waals surface area contributed by atoms with E-state index in [2.05, 4.69) is 55.8 Å². The molecule has 0 unspecified atom stereocenters. The lowest BCUT2D eigenvalue weighted by atomic mass is 10.2. The van der Waals surface area contributed by atoms with E-state index in [0.717, 1.165) is 29.1 Å². The summed E-state index contributed by atoms with van der Waals surface area (Å²) in [6.45, 7) is 4.03. The zero-order valence-electron chi connectivity index (χ0n) is 10.9. The summed E-state index contributed by atoms with van der Waals surface area (Å²) in [7, 11) is 1.84. The standard InChI is InChI=1S/C12H16BrN5S/c1-3-6-14-8-9-7-10(13)4-5-11(9)19-12-15-16-17-18(12)2/h4-5,7,14H,3,6,8H2,1-2H3. The van der Waals surface area contributed by atoms with Crippen molar-refractivity contribution in [2.75, 3.05) is 6.54 Å². The van der Waals surface area contributed by atoms with E-state index in [1.54, 1.807) is 16.4 Å². The normalized spacial score (nSPS) is 10.9. The van der Waals surface area contributed by atoms with Gasteiger partial charge in [0.15, 0.2) is 0 Å². The number of tetrazole rings is 1. The predicted molar refractivity (Wildman–Crippen MR) is 79.1 cm³/mol. The summed E-state index contributed by atoms with van der Waals surface area (Å²) in [5.74, 6) is 0. The van der Waals surface area contributed by atoms with Crippen LogP contribution in [0.5, 0.6) is 0 Å². The van der Waals surface area contributed by atoms with E-state index in [1.165, 1.54) is 10.5 Å². The molecule has 5 nitrogen and oxygen atoms in total. The number of aryl methyl sites for hydroxylation is 1. The van der Waals surface area contributed by atoms with Gasteiger partial charge in [-0.1, -0.05) is 22.9 Å². The smallest absolute Gasteiger partial charge is 0.213 e. The van der Waals surface area contributed by atoms with Crippen LogP contribution in [0, 0.1) is 0 Å². The van der Waals surface area contributed by atoms with Gasteiger partial charge >= 0.3 is 0 Å². The van der Waals surface area contributed by atoms with Crippen LogP contribution in [0.3, 0.4) is 0 Å². The molecule has 0 saturated carbocycles. The molecule has 0 fully saturated rings. The highest BCUT2D eigenvalue weighted by Crippen LogP contribution is 2.30. The van der Waals surface area contributed by atoms with Crippen LogP contribution >= 0.6 is 27.7 Å². The van der Waals surface area contributed by atoms with Gasteiger partial charge in [-0.25, -0.2) is 4.68 Å². The molecule has 19 heavy (non-hydrogen) atoms. The Morgan fingerprint density at radius 1 is 1.42 bits per heavy atom. The monoisotopic (exact) mass is 341 g/mol. The highest BCUT2D eigenvalue weighted by atomic mass is 79.9. The molecule has 0 atom stereocenters. The van der Waals surface area contributed by atoms with Crippen molar-refractivity contribution in [2.45, 2.75) is 29.9 Å². The van der Waals surface area contributed by atoms with Crippen molar-refractivity contribution in [1.29, 1.82) is 0 Å². The molecule has 0 saturated heterocycles. The van der Waals surface area contributed by atoms with Crippen LogP contribution in [0.25, 0.3) is 0 Å². The average molecular weight is 342 g/mol. The fourth-order valence-electron chi connectivity index (χ4n) is 1.59. The number of benzene rings is 1. The Balaban J connectivity index is 2.16. The summed E-state index contributed by atoms with van der Waals surface area (Å²) in [6.07, 6.45) is 1.13. The molecule has 0 aliphatic rings. The Hall–Kier alpha value is -0.920. The van der Waals surface area contributed by atoms with Crippen LogP contribution in [0.15, 0.2) is 32.7 Å². The maximum absolute atomic E-state index is 4.00. The fourth-order valence-corrected chi connectivity index (χ4v) is 2.84. The molecule has 2 rings (SSSR count). The first kappa shape index (κ1) is 14.5. The number of aromatic nitrogens is 4. The lowest BCUT2D eigenvalue weighted by molar-refractivity contribution is 0.661. The first-order valence-corrected chi connectivity index (χ1v) is 7.71. The van der Waals surface area contributed by atoms with Gasteiger partial charge in [0, 0.05) is 23.0 Å². The molecule has 0 amide bonds. The van der Waals surface area contributed by atoms with Crippen LogP contribution in [0.2, 0.25) is 0 Å². The SMILES string of the molecule is CCCNCc1cc(Br)ccc1Sc1nnnn1C. The van der Waals surface area contributed by atoms with Crippen LogP contribution in [0.4, 0.5) is 0 Å². The van der Waals surface area contributed by atoms with Crippen molar-refractivity contribution < 1.29 is 0 Å². The minimum atomic E-state index is 0.791. The second kappa shape index (κ2) is 7.02. The lowest BCUT2D eigenvalue weighted by Crippen LogP contribution is -2.14. The van der Waals surface area contributed by atoms with Gasteiger partial charge in [0.25, 0.3) is 0 Å². The summed E-state index contributed by atoms with van der Waals surface area (Å²) in [6, 6.07) is 6.26. The Morgan fingerprint density at radius 3 is 2.95 bits per heavy atom. The van der Waals surface area contributed by atoms with Gasteiger partial charge in [0.1, 0.15) is 0 Å². The second-order valence-corrected chi connectivity index (χ2v) is 6.04. The second-order valence-electron chi connectivity index (χ2n) is 4.12. The molecule has 0 aliphatic carbocycles. The predicted octanol–water partition coefficient (Wildman–Crippen LogP) is 2.62. The quantitative estimate of drug-likeness (QED) is 0.818. The molecule has 0 aliphatic heterocycles. The summed E-state index contributed by atoms with van der Waals surface area (Å²) < 4.78 is 2.76. The zero-order chi connectivity index (χ0) is 13.7. The number of hydrogen-bond acceptors (Lipinski definition) is 5. The molecule has 7 heteroatoms. The first-order chi connectivity index (χ1) is 9.20. The number of rotatable bonds is 6. The molecular weight excluding hydrogens is 326 g/mol. The summed E-state index contributed by atoms with van der Waals surface area (Å²) >= 11 is 5.10. The van der Waals surface area contributed by atoms with Crippen molar-refractivity contribution in [1.82, 2.24) is 25.5 Å². The maximum atomic E-state index is 4.00. The van der Waals surface area contributed by atoms with E-state index in [4.69, 9.17) is 0 Å². The van der Waals surface area contributed by atoms with Crippen LogP contribution in [-0.4, -0.2) is 26.8 Å². The Kier molecular flexibility index (Phi) is 5.35. The third-order valence-electron chi connectivity index (χ3n) is 2.55. The van der Waals surface area contributed by atoms with Crippen molar-refractivity contribution in [3.8, 4) is 0 Å². The molecule has 0 spiro atoms. The largest absolute Gasteiger partial charge is 0.313 e. The molecule has 102 valence electrons. The number of hydrogen-bond donors (Lipinski definition) is 1. The average Bonchev–Trinajstić information content (AvgIpc) is 2.78. The topological polar surface area (TPSA) is 55.6 Å². The number of nitrogens with one attached hydrogen (secondary N) is 1. The van der Waals surface area contributed by atoms with Gasteiger partial charge in [0.2, 0.25) is 5.16 Å². The van der Waals surface area contributed by atoms with Gasteiger partial charge in [-0.15, -0.1) is 5.10 Å². The van der Waals surface area contributed by atoms with Crippen LogP contribution in [0.1, 0.15) is 18.9 Å². The first-order valence-electron chi connectivity index (χ1n) is 6.10.